The standard InChI is InChI=1S/C13H13BrN2O2/c1-8-3-4-10(14)6-11(8)13-9(5-12(17)18)7-16(2)15-13/h3-4,6-7H,5H2,1-2H3,(H,17,18). The van der Waals surface area contributed by atoms with Gasteiger partial charge in [-0.25, -0.2) is 0 Å². The third-order valence-electron chi connectivity index (χ3n) is 2.70. The van der Waals surface area contributed by atoms with Crippen molar-refractivity contribution in [1.29, 1.82) is 0 Å². The van der Waals surface area contributed by atoms with Gasteiger partial charge in [0.1, 0.15) is 0 Å². The van der Waals surface area contributed by atoms with Crippen LogP contribution in [0.5, 0.6) is 0 Å². The minimum atomic E-state index is -0.850. The Morgan fingerprint density at radius 3 is 2.89 bits per heavy atom. The molecule has 94 valence electrons. The number of carboxylic acid groups (broad SMARTS) is 1. The van der Waals surface area contributed by atoms with Crippen molar-refractivity contribution in [2.45, 2.75) is 13.3 Å². The molecule has 0 spiro atoms. The highest BCUT2D eigenvalue weighted by Gasteiger charge is 2.14. The van der Waals surface area contributed by atoms with Crippen LogP contribution in [-0.4, -0.2) is 20.9 Å². The van der Waals surface area contributed by atoms with Crippen LogP contribution in [0.4, 0.5) is 0 Å². The minimum Gasteiger partial charge on any atom is -0.481 e. The SMILES string of the molecule is Cc1ccc(Br)cc1-c1nn(C)cc1CC(=O)O. The predicted molar refractivity (Wildman–Crippen MR) is 72.4 cm³/mol. The van der Waals surface area contributed by atoms with E-state index < -0.39 is 5.97 Å². The number of benzene rings is 1. The molecular weight excluding hydrogens is 296 g/mol. The minimum absolute atomic E-state index is 0.0187. The number of halogens is 1. The van der Waals surface area contributed by atoms with E-state index in [1.165, 1.54) is 0 Å². The van der Waals surface area contributed by atoms with E-state index in [2.05, 4.69) is 21.0 Å². The molecule has 2 rings (SSSR count). The fourth-order valence-electron chi connectivity index (χ4n) is 1.91. The molecule has 1 aromatic carbocycles. The zero-order valence-corrected chi connectivity index (χ0v) is 11.7. The zero-order valence-electron chi connectivity index (χ0n) is 10.1. The van der Waals surface area contributed by atoms with E-state index in [1.807, 2.05) is 25.1 Å². The monoisotopic (exact) mass is 308 g/mol. The first-order chi connectivity index (χ1) is 8.47. The maximum atomic E-state index is 10.9. The van der Waals surface area contributed by atoms with E-state index in [4.69, 9.17) is 5.11 Å². The van der Waals surface area contributed by atoms with E-state index in [0.717, 1.165) is 26.9 Å². The topological polar surface area (TPSA) is 55.1 Å². The first-order valence-corrected chi connectivity index (χ1v) is 6.27. The zero-order chi connectivity index (χ0) is 13.3. The van der Waals surface area contributed by atoms with Crippen molar-refractivity contribution < 1.29 is 9.90 Å². The molecular formula is C13H13BrN2O2. The lowest BCUT2D eigenvalue weighted by Crippen LogP contribution is -2.00. The van der Waals surface area contributed by atoms with E-state index in [9.17, 15) is 4.79 Å². The van der Waals surface area contributed by atoms with Gasteiger partial charge in [-0.2, -0.15) is 5.10 Å². The summed E-state index contributed by atoms with van der Waals surface area (Å²) in [5.41, 5.74) is 3.50. The third kappa shape index (κ3) is 2.61. The number of hydrogen-bond donors (Lipinski definition) is 1. The molecule has 0 unspecified atom stereocenters. The second-order valence-electron chi connectivity index (χ2n) is 4.21. The van der Waals surface area contributed by atoms with Gasteiger partial charge in [-0.05, 0) is 24.6 Å². The summed E-state index contributed by atoms with van der Waals surface area (Å²) in [7, 11) is 1.79. The molecule has 0 fully saturated rings. The van der Waals surface area contributed by atoms with Crippen molar-refractivity contribution in [1.82, 2.24) is 9.78 Å². The van der Waals surface area contributed by atoms with Crippen LogP contribution in [0.15, 0.2) is 28.9 Å². The van der Waals surface area contributed by atoms with Gasteiger partial charge >= 0.3 is 5.97 Å². The van der Waals surface area contributed by atoms with Crippen molar-refractivity contribution in [3.8, 4) is 11.3 Å². The Balaban J connectivity index is 2.55. The number of carbonyl (C=O) groups is 1. The number of hydrogen-bond acceptors (Lipinski definition) is 2. The average Bonchev–Trinajstić information content (AvgIpc) is 2.62. The molecule has 0 radical (unpaired) electrons. The molecule has 0 saturated carbocycles. The fraction of sp³-hybridized carbons (Fsp3) is 0.231. The summed E-state index contributed by atoms with van der Waals surface area (Å²) >= 11 is 3.42. The maximum Gasteiger partial charge on any atom is 0.307 e. The van der Waals surface area contributed by atoms with Gasteiger partial charge in [-0.1, -0.05) is 22.0 Å². The summed E-state index contributed by atoms with van der Waals surface area (Å²) < 4.78 is 2.60. The van der Waals surface area contributed by atoms with Gasteiger partial charge in [0, 0.05) is 28.8 Å². The van der Waals surface area contributed by atoms with Crippen molar-refractivity contribution >= 4 is 21.9 Å². The summed E-state index contributed by atoms with van der Waals surface area (Å²) in [5.74, 6) is -0.850. The molecule has 1 N–H and O–H groups in total. The summed E-state index contributed by atoms with van der Waals surface area (Å²) in [4.78, 5) is 10.9. The van der Waals surface area contributed by atoms with Crippen LogP contribution in [0, 0.1) is 6.92 Å². The van der Waals surface area contributed by atoms with E-state index in [0.29, 0.717) is 0 Å². The van der Waals surface area contributed by atoms with Gasteiger partial charge in [0.05, 0.1) is 12.1 Å². The Bertz CT molecular complexity index is 605. The Morgan fingerprint density at radius 2 is 2.22 bits per heavy atom. The molecule has 18 heavy (non-hydrogen) atoms. The van der Waals surface area contributed by atoms with Gasteiger partial charge in [0.25, 0.3) is 0 Å². The molecule has 0 atom stereocenters. The van der Waals surface area contributed by atoms with E-state index >= 15 is 0 Å². The molecule has 0 saturated heterocycles. The maximum absolute atomic E-state index is 10.9. The molecule has 5 heteroatoms. The number of nitrogens with zero attached hydrogens (tertiary/aromatic N) is 2. The summed E-state index contributed by atoms with van der Waals surface area (Å²) in [5, 5.41) is 13.3. The number of aliphatic carboxylic acids is 1. The Hall–Kier alpha value is -1.62. The van der Waals surface area contributed by atoms with Crippen LogP contribution in [0.1, 0.15) is 11.1 Å². The Labute approximate surface area is 113 Å². The van der Waals surface area contributed by atoms with Crippen LogP contribution in [-0.2, 0) is 18.3 Å². The molecule has 0 aliphatic heterocycles. The lowest BCUT2D eigenvalue weighted by atomic mass is 10.0. The largest absolute Gasteiger partial charge is 0.481 e. The third-order valence-corrected chi connectivity index (χ3v) is 3.19. The molecule has 2 aromatic rings. The molecule has 0 bridgehead atoms. The van der Waals surface area contributed by atoms with Gasteiger partial charge in [0.2, 0.25) is 0 Å². The smallest absolute Gasteiger partial charge is 0.307 e. The van der Waals surface area contributed by atoms with Crippen molar-refractivity contribution in [3.63, 3.8) is 0 Å². The number of aromatic nitrogens is 2. The quantitative estimate of drug-likeness (QED) is 0.948. The van der Waals surface area contributed by atoms with Crippen LogP contribution in [0.25, 0.3) is 11.3 Å². The molecule has 4 nitrogen and oxygen atoms in total. The lowest BCUT2D eigenvalue weighted by Gasteiger charge is -2.05. The van der Waals surface area contributed by atoms with Gasteiger partial charge in [-0.15, -0.1) is 0 Å². The molecule has 0 amide bonds. The Kier molecular flexibility index (Phi) is 3.52. The molecule has 0 aliphatic rings. The van der Waals surface area contributed by atoms with Gasteiger partial charge in [0.15, 0.2) is 0 Å². The summed E-state index contributed by atoms with van der Waals surface area (Å²) in [6, 6.07) is 5.90. The average molecular weight is 309 g/mol. The normalized spacial score (nSPS) is 10.6. The van der Waals surface area contributed by atoms with Gasteiger partial charge < -0.3 is 5.11 Å². The summed E-state index contributed by atoms with van der Waals surface area (Å²) in [6.45, 7) is 1.99. The number of rotatable bonds is 3. The molecule has 1 aromatic heterocycles. The first kappa shape index (κ1) is 12.8. The number of aryl methyl sites for hydroxylation is 2. The molecule has 0 aliphatic carbocycles. The second kappa shape index (κ2) is 4.94. The van der Waals surface area contributed by atoms with E-state index in [-0.39, 0.29) is 6.42 Å². The van der Waals surface area contributed by atoms with Crippen LogP contribution >= 0.6 is 15.9 Å². The van der Waals surface area contributed by atoms with Crippen LogP contribution < -0.4 is 0 Å². The van der Waals surface area contributed by atoms with Crippen molar-refractivity contribution in [2.75, 3.05) is 0 Å². The van der Waals surface area contributed by atoms with Crippen molar-refractivity contribution in [2.24, 2.45) is 7.05 Å². The Morgan fingerprint density at radius 1 is 1.50 bits per heavy atom. The number of carboxylic acids is 1. The van der Waals surface area contributed by atoms with Crippen molar-refractivity contribution in [3.05, 3.63) is 40.0 Å². The highest BCUT2D eigenvalue weighted by Crippen LogP contribution is 2.28. The van der Waals surface area contributed by atoms with Crippen LogP contribution in [0.3, 0.4) is 0 Å². The van der Waals surface area contributed by atoms with E-state index in [1.54, 1.807) is 17.9 Å². The van der Waals surface area contributed by atoms with Gasteiger partial charge in [-0.3, -0.25) is 9.48 Å². The molecule has 1 heterocycles. The predicted octanol–water partition coefficient (Wildman–Crippen LogP) is 2.79. The fourth-order valence-corrected chi connectivity index (χ4v) is 2.27. The highest BCUT2D eigenvalue weighted by molar-refractivity contribution is 9.10. The second-order valence-corrected chi connectivity index (χ2v) is 5.12. The summed E-state index contributed by atoms with van der Waals surface area (Å²) in [6.07, 6.45) is 1.74. The van der Waals surface area contributed by atoms with Crippen LogP contribution in [0.2, 0.25) is 0 Å². The lowest BCUT2D eigenvalue weighted by molar-refractivity contribution is -0.136. The first-order valence-electron chi connectivity index (χ1n) is 5.48. The highest BCUT2D eigenvalue weighted by atomic mass is 79.9.